The molecule has 106 valence electrons. The summed E-state index contributed by atoms with van der Waals surface area (Å²) in [5.74, 6) is 1.51. The molecule has 1 aromatic carbocycles. The number of rotatable bonds is 2. The van der Waals surface area contributed by atoms with Crippen LogP contribution in [-0.4, -0.2) is 36.7 Å². The van der Waals surface area contributed by atoms with Gasteiger partial charge in [0.15, 0.2) is 11.5 Å². The zero-order valence-corrected chi connectivity index (χ0v) is 11.2. The van der Waals surface area contributed by atoms with Crippen LogP contribution in [0.25, 0.3) is 6.08 Å². The van der Waals surface area contributed by atoms with Crippen molar-refractivity contribution >= 4 is 12.0 Å². The van der Waals surface area contributed by atoms with Gasteiger partial charge in [-0.25, -0.2) is 0 Å². The van der Waals surface area contributed by atoms with Crippen molar-refractivity contribution in [1.82, 2.24) is 4.90 Å². The zero-order chi connectivity index (χ0) is 13.9. The normalized spacial score (nSPS) is 18.8. The molecule has 0 spiro atoms. The van der Waals surface area contributed by atoms with Crippen molar-refractivity contribution in [2.24, 2.45) is 5.73 Å². The highest BCUT2D eigenvalue weighted by Gasteiger charge is 2.18. The van der Waals surface area contributed by atoms with Gasteiger partial charge in [-0.3, -0.25) is 4.79 Å². The second kappa shape index (κ2) is 5.54. The molecule has 1 fully saturated rings. The number of likely N-dealkylation sites (tertiary alicyclic amines) is 1. The van der Waals surface area contributed by atoms with Crippen LogP contribution in [0.1, 0.15) is 18.4 Å². The lowest BCUT2D eigenvalue weighted by Gasteiger charge is -2.29. The number of amides is 1. The van der Waals surface area contributed by atoms with E-state index in [9.17, 15) is 4.79 Å². The van der Waals surface area contributed by atoms with Gasteiger partial charge in [0, 0.05) is 25.2 Å². The van der Waals surface area contributed by atoms with Crippen LogP contribution in [0.5, 0.6) is 11.5 Å². The molecular formula is C15H18N2O3. The van der Waals surface area contributed by atoms with E-state index in [2.05, 4.69) is 0 Å². The molecular weight excluding hydrogens is 256 g/mol. The summed E-state index contributed by atoms with van der Waals surface area (Å²) in [7, 11) is 0. The van der Waals surface area contributed by atoms with Gasteiger partial charge in [0.1, 0.15) is 0 Å². The third-order valence-corrected chi connectivity index (χ3v) is 3.67. The molecule has 0 radical (unpaired) electrons. The van der Waals surface area contributed by atoms with E-state index < -0.39 is 0 Å². The van der Waals surface area contributed by atoms with Crippen LogP contribution in [0.4, 0.5) is 0 Å². The van der Waals surface area contributed by atoms with Crippen LogP contribution in [0.3, 0.4) is 0 Å². The monoisotopic (exact) mass is 274 g/mol. The van der Waals surface area contributed by atoms with E-state index in [1.54, 1.807) is 12.2 Å². The SMILES string of the molecule is NC1CCN(C(=O)/C=C/c2ccc3c(c2)OCO3)CC1. The second-order valence-electron chi connectivity index (χ2n) is 5.11. The summed E-state index contributed by atoms with van der Waals surface area (Å²) in [6.07, 6.45) is 5.17. The van der Waals surface area contributed by atoms with Crippen molar-refractivity contribution in [1.29, 1.82) is 0 Å². The molecule has 1 amide bonds. The first-order chi connectivity index (χ1) is 9.72. The molecule has 5 nitrogen and oxygen atoms in total. The topological polar surface area (TPSA) is 64.8 Å². The van der Waals surface area contributed by atoms with E-state index in [0.717, 1.165) is 43.0 Å². The van der Waals surface area contributed by atoms with Crippen LogP contribution in [0.2, 0.25) is 0 Å². The number of hydrogen-bond acceptors (Lipinski definition) is 4. The van der Waals surface area contributed by atoms with Crippen LogP contribution >= 0.6 is 0 Å². The minimum atomic E-state index is 0.0366. The highest BCUT2D eigenvalue weighted by Crippen LogP contribution is 2.32. The van der Waals surface area contributed by atoms with Gasteiger partial charge < -0.3 is 20.1 Å². The predicted octanol–water partition coefficient (Wildman–Crippen LogP) is 1.38. The molecule has 2 aliphatic heterocycles. The molecule has 1 aromatic rings. The molecule has 2 aliphatic rings. The number of hydrogen-bond donors (Lipinski definition) is 1. The largest absolute Gasteiger partial charge is 0.454 e. The first-order valence-electron chi connectivity index (χ1n) is 6.84. The molecule has 20 heavy (non-hydrogen) atoms. The molecule has 0 unspecified atom stereocenters. The van der Waals surface area contributed by atoms with Crippen LogP contribution < -0.4 is 15.2 Å². The van der Waals surface area contributed by atoms with Crippen LogP contribution in [0, 0.1) is 0 Å². The average molecular weight is 274 g/mol. The van der Waals surface area contributed by atoms with Crippen molar-refractivity contribution in [3.63, 3.8) is 0 Å². The lowest BCUT2D eigenvalue weighted by Crippen LogP contribution is -2.42. The van der Waals surface area contributed by atoms with E-state index in [1.165, 1.54) is 0 Å². The number of piperidine rings is 1. The maximum absolute atomic E-state index is 12.1. The Labute approximate surface area is 118 Å². The van der Waals surface area contributed by atoms with E-state index >= 15 is 0 Å². The van der Waals surface area contributed by atoms with Gasteiger partial charge in [-0.1, -0.05) is 6.07 Å². The summed E-state index contributed by atoms with van der Waals surface area (Å²) in [5, 5.41) is 0. The summed E-state index contributed by atoms with van der Waals surface area (Å²) < 4.78 is 10.6. The summed E-state index contributed by atoms with van der Waals surface area (Å²) in [4.78, 5) is 13.9. The number of carbonyl (C=O) groups is 1. The summed E-state index contributed by atoms with van der Waals surface area (Å²) >= 11 is 0. The Morgan fingerprint density at radius 2 is 2.00 bits per heavy atom. The molecule has 3 rings (SSSR count). The van der Waals surface area contributed by atoms with Gasteiger partial charge >= 0.3 is 0 Å². The minimum Gasteiger partial charge on any atom is -0.454 e. The first kappa shape index (κ1) is 13.0. The van der Waals surface area contributed by atoms with Crippen molar-refractivity contribution in [2.75, 3.05) is 19.9 Å². The summed E-state index contributed by atoms with van der Waals surface area (Å²) in [6.45, 7) is 1.74. The molecule has 1 saturated heterocycles. The highest BCUT2D eigenvalue weighted by molar-refractivity contribution is 5.91. The van der Waals surface area contributed by atoms with E-state index in [0.29, 0.717) is 0 Å². The number of fused-ring (bicyclic) bond motifs is 1. The lowest BCUT2D eigenvalue weighted by molar-refractivity contribution is -0.126. The number of nitrogens with two attached hydrogens (primary N) is 1. The van der Waals surface area contributed by atoms with Gasteiger partial charge in [0.05, 0.1) is 0 Å². The molecule has 0 bridgehead atoms. The van der Waals surface area contributed by atoms with Gasteiger partial charge in [0.25, 0.3) is 0 Å². The molecule has 0 aromatic heterocycles. The average Bonchev–Trinajstić information content (AvgIpc) is 2.93. The van der Waals surface area contributed by atoms with Gasteiger partial charge in [0.2, 0.25) is 12.7 Å². The fourth-order valence-corrected chi connectivity index (χ4v) is 2.41. The molecule has 5 heteroatoms. The minimum absolute atomic E-state index is 0.0366. The lowest BCUT2D eigenvalue weighted by atomic mass is 10.1. The van der Waals surface area contributed by atoms with Gasteiger partial charge in [-0.2, -0.15) is 0 Å². The van der Waals surface area contributed by atoms with Gasteiger partial charge in [-0.05, 0) is 36.6 Å². The molecule has 0 atom stereocenters. The van der Waals surface area contributed by atoms with E-state index in [4.69, 9.17) is 15.2 Å². The Hall–Kier alpha value is -2.01. The highest BCUT2D eigenvalue weighted by atomic mass is 16.7. The third kappa shape index (κ3) is 2.77. The third-order valence-electron chi connectivity index (χ3n) is 3.67. The molecule has 2 heterocycles. The predicted molar refractivity (Wildman–Crippen MR) is 75.4 cm³/mol. The van der Waals surface area contributed by atoms with Gasteiger partial charge in [-0.15, -0.1) is 0 Å². The zero-order valence-electron chi connectivity index (χ0n) is 11.2. The molecule has 2 N–H and O–H groups in total. The molecule has 0 aliphatic carbocycles. The maximum Gasteiger partial charge on any atom is 0.246 e. The Morgan fingerprint density at radius 3 is 2.80 bits per heavy atom. The van der Waals surface area contributed by atoms with Crippen molar-refractivity contribution in [3.05, 3.63) is 29.8 Å². The van der Waals surface area contributed by atoms with E-state index in [1.807, 2.05) is 23.1 Å². The number of benzene rings is 1. The van der Waals surface area contributed by atoms with Crippen molar-refractivity contribution in [2.45, 2.75) is 18.9 Å². The Balaban J connectivity index is 1.63. The Morgan fingerprint density at radius 1 is 1.25 bits per heavy atom. The number of carbonyl (C=O) groups excluding carboxylic acids is 1. The summed E-state index contributed by atoms with van der Waals surface area (Å²) in [6, 6.07) is 5.87. The maximum atomic E-state index is 12.1. The second-order valence-corrected chi connectivity index (χ2v) is 5.11. The summed E-state index contributed by atoms with van der Waals surface area (Å²) in [5.41, 5.74) is 6.76. The van der Waals surface area contributed by atoms with Crippen molar-refractivity contribution in [3.8, 4) is 11.5 Å². The van der Waals surface area contributed by atoms with Crippen LogP contribution in [-0.2, 0) is 4.79 Å². The fraction of sp³-hybridized carbons (Fsp3) is 0.400. The Bertz CT molecular complexity index is 534. The fourth-order valence-electron chi connectivity index (χ4n) is 2.41. The molecule has 0 saturated carbocycles. The number of nitrogens with zero attached hydrogens (tertiary/aromatic N) is 1. The number of ether oxygens (including phenoxy) is 2. The smallest absolute Gasteiger partial charge is 0.246 e. The Kier molecular flexibility index (Phi) is 3.60. The van der Waals surface area contributed by atoms with E-state index in [-0.39, 0.29) is 18.7 Å². The van der Waals surface area contributed by atoms with Crippen molar-refractivity contribution < 1.29 is 14.3 Å². The van der Waals surface area contributed by atoms with Crippen LogP contribution in [0.15, 0.2) is 24.3 Å². The quantitative estimate of drug-likeness (QED) is 0.827. The first-order valence-corrected chi connectivity index (χ1v) is 6.84. The standard InChI is InChI=1S/C15H18N2O3/c16-12-5-7-17(8-6-12)15(18)4-2-11-1-3-13-14(9-11)20-10-19-13/h1-4,9,12H,5-8,10,16H2/b4-2+.